The van der Waals surface area contributed by atoms with Crippen molar-refractivity contribution in [2.75, 3.05) is 0 Å². The van der Waals surface area contributed by atoms with E-state index in [9.17, 15) is 4.79 Å². The highest BCUT2D eigenvalue weighted by molar-refractivity contribution is 9.10. The lowest BCUT2D eigenvalue weighted by Gasteiger charge is -2.19. The summed E-state index contributed by atoms with van der Waals surface area (Å²) < 4.78 is 4.71. The Morgan fingerprint density at radius 1 is 0.935 bits per heavy atom. The third-order valence-corrected chi connectivity index (χ3v) is 9.83. The summed E-state index contributed by atoms with van der Waals surface area (Å²) in [6.07, 6.45) is 2.10. The predicted octanol–water partition coefficient (Wildman–Crippen LogP) is 6.04. The molecule has 2 aliphatic heterocycles. The van der Waals surface area contributed by atoms with Crippen LogP contribution in [-0.2, 0) is 0 Å². The smallest absolute Gasteiger partial charge is 0.272 e. The summed E-state index contributed by atoms with van der Waals surface area (Å²) in [4.78, 5) is 21.8. The number of rotatable bonds is 2. The molecule has 3 nitrogen and oxygen atoms in total. The first-order valence-electron chi connectivity index (χ1n) is 9.82. The Labute approximate surface area is 201 Å². The Balaban J connectivity index is 1.74. The highest BCUT2D eigenvalue weighted by atomic mass is 79.9. The molecular formula is C24H19BrN2OS3. The van der Waals surface area contributed by atoms with Gasteiger partial charge in [0, 0.05) is 10.0 Å². The Kier molecular flexibility index (Phi) is 5.63. The summed E-state index contributed by atoms with van der Waals surface area (Å²) in [5.41, 5.74) is 4.28. The molecule has 0 fully saturated rings. The van der Waals surface area contributed by atoms with Gasteiger partial charge in [0.2, 0.25) is 0 Å². The number of fused-ring (bicyclic) bond motifs is 1. The van der Waals surface area contributed by atoms with Gasteiger partial charge >= 0.3 is 0 Å². The van der Waals surface area contributed by atoms with Crippen LogP contribution in [0.5, 0.6) is 0 Å². The minimum atomic E-state index is -0.193. The summed E-state index contributed by atoms with van der Waals surface area (Å²) in [5.74, 6) is 0. The number of aryl methyl sites for hydroxylation is 1. The fourth-order valence-electron chi connectivity index (χ4n) is 3.52. The van der Waals surface area contributed by atoms with Crippen molar-refractivity contribution in [2.45, 2.75) is 26.8 Å². The van der Waals surface area contributed by atoms with Crippen molar-refractivity contribution in [1.82, 2.24) is 4.57 Å². The van der Waals surface area contributed by atoms with Crippen molar-refractivity contribution in [3.63, 3.8) is 0 Å². The molecule has 7 heteroatoms. The van der Waals surface area contributed by atoms with Gasteiger partial charge in [-0.3, -0.25) is 9.36 Å². The number of thiazole rings is 1. The van der Waals surface area contributed by atoms with E-state index in [1.54, 1.807) is 23.5 Å². The molecule has 2 aliphatic rings. The third-order valence-electron chi connectivity index (χ3n) is 5.35. The van der Waals surface area contributed by atoms with Crippen LogP contribution in [0, 0.1) is 6.92 Å². The quantitative estimate of drug-likeness (QED) is 0.408. The summed E-state index contributed by atoms with van der Waals surface area (Å²) in [5, 5.41) is 0. The maximum absolute atomic E-state index is 13.6. The fraction of sp³-hybridized carbons (Fsp3) is 0.167. The number of hydrogen-bond donors (Lipinski definition) is 0. The van der Waals surface area contributed by atoms with Crippen molar-refractivity contribution in [3.8, 4) is 0 Å². The molecule has 0 amide bonds. The van der Waals surface area contributed by atoms with Gasteiger partial charge in [-0.05, 0) is 54.4 Å². The van der Waals surface area contributed by atoms with E-state index in [-0.39, 0.29) is 11.6 Å². The lowest BCUT2D eigenvalue weighted by atomic mass is 10.0. The van der Waals surface area contributed by atoms with E-state index in [1.807, 2.05) is 16.7 Å². The summed E-state index contributed by atoms with van der Waals surface area (Å²) in [6.45, 7) is 6.30. The van der Waals surface area contributed by atoms with Crippen LogP contribution in [0.15, 0.2) is 78.7 Å². The largest absolute Gasteiger partial charge is 0.272 e. The molecule has 31 heavy (non-hydrogen) atoms. The van der Waals surface area contributed by atoms with Crippen LogP contribution in [0.1, 0.15) is 36.6 Å². The molecule has 1 atom stereocenters. The maximum Gasteiger partial charge on any atom is 0.272 e. The van der Waals surface area contributed by atoms with Crippen molar-refractivity contribution in [3.05, 3.63) is 105 Å². The molecule has 0 saturated carbocycles. The lowest BCUT2D eigenvalue weighted by Crippen LogP contribution is -2.36. The molecule has 1 aromatic heterocycles. The van der Waals surface area contributed by atoms with Gasteiger partial charge < -0.3 is 0 Å². The van der Waals surface area contributed by atoms with Crippen molar-refractivity contribution in [1.29, 1.82) is 0 Å². The van der Waals surface area contributed by atoms with Crippen molar-refractivity contribution >= 4 is 60.7 Å². The topological polar surface area (TPSA) is 34.4 Å². The number of benzene rings is 2. The minimum absolute atomic E-state index is 0.0355. The van der Waals surface area contributed by atoms with E-state index >= 15 is 0 Å². The van der Waals surface area contributed by atoms with Crippen LogP contribution in [0.3, 0.4) is 0 Å². The van der Waals surface area contributed by atoms with Crippen molar-refractivity contribution < 1.29 is 0 Å². The minimum Gasteiger partial charge on any atom is -0.272 e. The van der Waals surface area contributed by atoms with E-state index in [4.69, 9.17) is 4.99 Å². The summed E-state index contributed by atoms with van der Waals surface area (Å²) in [7, 11) is 0. The van der Waals surface area contributed by atoms with E-state index < -0.39 is 0 Å². The zero-order valence-electron chi connectivity index (χ0n) is 17.2. The second kappa shape index (κ2) is 8.28. The number of thioether (sulfide) groups is 2. The summed E-state index contributed by atoms with van der Waals surface area (Å²) in [6, 6.07) is 16.4. The highest BCUT2D eigenvalue weighted by Gasteiger charge is 2.25. The summed E-state index contributed by atoms with van der Waals surface area (Å²) >= 11 is 8.40. The van der Waals surface area contributed by atoms with Gasteiger partial charge in [-0.2, -0.15) is 0 Å². The second-order valence-electron chi connectivity index (χ2n) is 7.52. The van der Waals surface area contributed by atoms with Gasteiger partial charge in [0.1, 0.15) is 4.53 Å². The first kappa shape index (κ1) is 21.1. The molecule has 0 aliphatic carbocycles. The number of allylic oxidation sites excluding steroid dienone is 3. The number of nitrogens with zero attached hydrogens (tertiary/aromatic N) is 2. The van der Waals surface area contributed by atoms with Gasteiger partial charge in [-0.15, -0.1) is 0 Å². The van der Waals surface area contributed by atoms with Gasteiger partial charge in [-0.25, -0.2) is 4.99 Å². The zero-order chi connectivity index (χ0) is 21.7. The Morgan fingerprint density at radius 3 is 2.23 bits per heavy atom. The Bertz CT molecular complexity index is 1410. The molecule has 0 radical (unpaired) electrons. The van der Waals surface area contributed by atoms with Crippen LogP contribution in [-0.4, -0.2) is 4.57 Å². The van der Waals surface area contributed by atoms with Crippen molar-refractivity contribution in [2.24, 2.45) is 4.99 Å². The molecule has 3 heterocycles. The van der Waals surface area contributed by atoms with E-state index in [0.717, 1.165) is 34.9 Å². The molecule has 156 valence electrons. The second-order valence-corrected chi connectivity index (χ2v) is 12.1. The van der Waals surface area contributed by atoms with Gasteiger partial charge in [0.25, 0.3) is 5.56 Å². The maximum atomic E-state index is 13.6. The predicted molar refractivity (Wildman–Crippen MR) is 138 cm³/mol. The zero-order valence-corrected chi connectivity index (χ0v) is 21.2. The molecule has 5 rings (SSSR count). The van der Waals surface area contributed by atoms with E-state index in [1.165, 1.54) is 26.7 Å². The fourth-order valence-corrected chi connectivity index (χ4v) is 7.55. The number of halogens is 1. The molecule has 2 aromatic carbocycles. The van der Waals surface area contributed by atoms with Crippen LogP contribution in [0.2, 0.25) is 0 Å². The molecule has 3 aromatic rings. The highest BCUT2D eigenvalue weighted by Crippen LogP contribution is 2.48. The molecule has 0 unspecified atom stereocenters. The molecule has 0 N–H and O–H groups in total. The van der Waals surface area contributed by atoms with E-state index in [2.05, 4.69) is 79.2 Å². The van der Waals surface area contributed by atoms with Crippen LogP contribution < -0.4 is 14.9 Å². The van der Waals surface area contributed by atoms with Gasteiger partial charge in [0.15, 0.2) is 4.80 Å². The molecular weight excluding hydrogens is 508 g/mol. The first-order valence-corrected chi connectivity index (χ1v) is 13.1. The third kappa shape index (κ3) is 3.93. The normalized spacial score (nSPS) is 18.1. The van der Waals surface area contributed by atoms with Crippen LogP contribution in [0.25, 0.3) is 9.93 Å². The lowest BCUT2D eigenvalue weighted by molar-refractivity contribution is 0.644. The van der Waals surface area contributed by atoms with Crippen LogP contribution >= 0.6 is 50.8 Å². The average molecular weight is 528 g/mol. The SMILES string of the molecule is CC1=C(C)SC(=c2sc3n(c2=O)[C@@H](c2ccc(Br)cc2)C=C(c2ccc(C)cc2)N=3)S1. The average Bonchev–Trinajstić information content (AvgIpc) is 3.27. The Hall–Kier alpha value is -1.80. The first-order chi connectivity index (χ1) is 14.9. The standard InChI is InChI=1S/C24H19BrN2OS3/c1-13-4-6-16(7-5-13)19-12-20(17-8-10-18(25)11-9-17)27-22(28)21(31-24(27)26-19)23-29-14(2)15(3)30-23/h4-12,20H,1-3H3/t20-/m1/s1. The van der Waals surface area contributed by atoms with Crippen LogP contribution in [0.4, 0.5) is 0 Å². The number of aromatic nitrogens is 1. The molecule has 0 spiro atoms. The van der Waals surface area contributed by atoms with Gasteiger partial charge in [-0.1, -0.05) is 92.8 Å². The monoisotopic (exact) mass is 526 g/mol. The number of hydrogen-bond acceptors (Lipinski definition) is 5. The molecule has 0 saturated heterocycles. The van der Waals surface area contributed by atoms with Gasteiger partial charge in [0.05, 0.1) is 16.0 Å². The molecule has 0 bridgehead atoms. The Morgan fingerprint density at radius 2 is 1.58 bits per heavy atom. The van der Waals surface area contributed by atoms with E-state index in [0.29, 0.717) is 0 Å².